The molecule has 0 saturated heterocycles. The molecule has 0 aliphatic rings. The molecule has 4 aromatic rings. The smallest absolute Gasteiger partial charge is 0.159 e. The van der Waals surface area contributed by atoms with E-state index in [-0.39, 0.29) is 11.7 Å². The first-order chi connectivity index (χ1) is 14.2. The number of hydrogen-bond donors (Lipinski definition) is 0. The maximum absolute atomic E-state index is 14.4. The lowest BCUT2D eigenvalue weighted by Gasteiger charge is -2.36. The molecule has 0 saturated carbocycles. The summed E-state index contributed by atoms with van der Waals surface area (Å²) in [4.78, 5) is 14.4. The highest BCUT2D eigenvalue weighted by Gasteiger charge is 2.45. The van der Waals surface area contributed by atoms with Crippen molar-refractivity contribution in [2.45, 2.75) is 18.3 Å². The van der Waals surface area contributed by atoms with Crippen molar-refractivity contribution >= 4 is 5.78 Å². The van der Waals surface area contributed by atoms with Crippen LogP contribution in [0.15, 0.2) is 121 Å². The van der Waals surface area contributed by atoms with Gasteiger partial charge in [-0.1, -0.05) is 128 Å². The predicted octanol–water partition coefficient (Wildman–Crippen LogP) is 6.39. The van der Waals surface area contributed by atoms with Crippen molar-refractivity contribution in [2.24, 2.45) is 0 Å². The average Bonchev–Trinajstić information content (AvgIpc) is 2.82. The lowest BCUT2D eigenvalue weighted by atomic mass is 9.63. The number of carbonyl (C=O) groups excluding carboxylic acids is 1. The van der Waals surface area contributed by atoms with Crippen LogP contribution in [-0.2, 0) is 10.2 Å². The van der Waals surface area contributed by atoms with Gasteiger partial charge in [-0.3, -0.25) is 4.79 Å². The van der Waals surface area contributed by atoms with Crippen molar-refractivity contribution in [3.8, 4) is 0 Å². The molecule has 0 spiro atoms. The Bertz CT molecular complexity index is 958. The summed E-state index contributed by atoms with van der Waals surface area (Å²) in [5.74, 6) is -0.0795. The molecule has 0 N–H and O–H groups in total. The molecule has 1 unspecified atom stereocenters. The second-order valence-corrected chi connectivity index (χ2v) is 7.34. The van der Waals surface area contributed by atoms with Crippen molar-refractivity contribution in [1.29, 1.82) is 0 Å². The zero-order valence-electron chi connectivity index (χ0n) is 16.5. The Hall–Kier alpha value is -3.45. The number of rotatable bonds is 6. The SMILES string of the molecule is CC(C(=O)C(c1ccccc1)(c1ccccc1)c1ccccc1)c1ccccc1. The molecule has 0 radical (unpaired) electrons. The minimum absolute atomic E-state index is 0.173. The van der Waals surface area contributed by atoms with Gasteiger partial charge in [0.15, 0.2) is 5.78 Å². The minimum Gasteiger partial charge on any atom is -0.297 e. The Morgan fingerprint density at radius 3 is 1.21 bits per heavy atom. The molecule has 0 aliphatic heterocycles. The molecule has 0 amide bonds. The average molecular weight is 376 g/mol. The molecule has 1 nitrogen and oxygen atoms in total. The summed E-state index contributed by atoms with van der Waals surface area (Å²) < 4.78 is 0. The van der Waals surface area contributed by atoms with E-state index in [2.05, 4.69) is 36.4 Å². The van der Waals surface area contributed by atoms with Gasteiger partial charge in [-0.05, 0) is 22.3 Å². The summed E-state index contributed by atoms with van der Waals surface area (Å²) in [7, 11) is 0. The number of carbonyl (C=O) groups is 1. The summed E-state index contributed by atoms with van der Waals surface area (Å²) in [5.41, 5.74) is 3.13. The lowest BCUT2D eigenvalue weighted by Crippen LogP contribution is -2.41. The van der Waals surface area contributed by atoms with Crippen LogP contribution in [0.3, 0.4) is 0 Å². The van der Waals surface area contributed by atoms with E-state index >= 15 is 0 Å². The van der Waals surface area contributed by atoms with Crippen molar-refractivity contribution in [2.75, 3.05) is 0 Å². The molecule has 0 fully saturated rings. The van der Waals surface area contributed by atoms with Gasteiger partial charge in [0.25, 0.3) is 0 Å². The Balaban J connectivity index is 2.02. The molecule has 1 heteroatoms. The Kier molecular flexibility index (Phi) is 5.39. The van der Waals surface area contributed by atoms with E-state index in [1.807, 2.05) is 91.9 Å². The second-order valence-electron chi connectivity index (χ2n) is 7.34. The van der Waals surface area contributed by atoms with Crippen LogP contribution in [0.5, 0.6) is 0 Å². The molecule has 4 rings (SSSR count). The van der Waals surface area contributed by atoms with E-state index in [1.165, 1.54) is 0 Å². The molecule has 142 valence electrons. The van der Waals surface area contributed by atoms with Crippen LogP contribution in [0, 0.1) is 0 Å². The van der Waals surface area contributed by atoms with Crippen molar-refractivity contribution in [3.63, 3.8) is 0 Å². The van der Waals surface area contributed by atoms with Gasteiger partial charge in [-0.15, -0.1) is 0 Å². The molecule has 0 aliphatic carbocycles. The third kappa shape index (κ3) is 3.40. The minimum atomic E-state index is -0.876. The van der Waals surface area contributed by atoms with Crippen LogP contribution in [0.2, 0.25) is 0 Å². The number of benzene rings is 4. The first-order valence-corrected chi connectivity index (χ1v) is 10.0. The van der Waals surface area contributed by atoms with Gasteiger partial charge in [-0.2, -0.15) is 0 Å². The first kappa shape index (κ1) is 18.9. The van der Waals surface area contributed by atoms with Crippen molar-refractivity contribution in [3.05, 3.63) is 144 Å². The molecule has 0 bridgehead atoms. The van der Waals surface area contributed by atoms with Gasteiger partial charge < -0.3 is 0 Å². The normalized spacial score (nSPS) is 12.3. The zero-order chi connectivity index (χ0) is 20.1. The number of hydrogen-bond acceptors (Lipinski definition) is 1. The van der Waals surface area contributed by atoms with Crippen LogP contribution in [0.1, 0.15) is 35.1 Å². The van der Waals surface area contributed by atoms with Gasteiger partial charge in [0.1, 0.15) is 5.41 Å². The second kappa shape index (κ2) is 8.28. The summed E-state index contributed by atoms with van der Waals surface area (Å²) in [6.07, 6.45) is 0. The standard InChI is InChI=1S/C28H24O/c1-22(23-14-6-2-7-15-23)27(29)28(24-16-8-3-9-17-24,25-18-10-4-11-19-25)26-20-12-5-13-21-26/h2-22H,1H3. The molecular weight excluding hydrogens is 352 g/mol. The highest BCUT2D eigenvalue weighted by atomic mass is 16.1. The van der Waals surface area contributed by atoms with Crippen LogP contribution >= 0.6 is 0 Å². The topological polar surface area (TPSA) is 17.1 Å². The van der Waals surface area contributed by atoms with Crippen molar-refractivity contribution < 1.29 is 4.79 Å². The van der Waals surface area contributed by atoms with Crippen molar-refractivity contribution in [1.82, 2.24) is 0 Å². The fraction of sp³-hybridized carbons (Fsp3) is 0.107. The lowest BCUT2D eigenvalue weighted by molar-refractivity contribution is -0.123. The van der Waals surface area contributed by atoms with Crippen LogP contribution in [0.25, 0.3) is 0 Å². The third-order valence-corrected chi connectivity index (χ3v) is 5.68. The summed E-state index contributed by atoms with van der Waals surface area (Å²) in [5, 5.41) is 0. The quantitative estimate of drug-likeness (QED) is 0.356. The molecule has 29 heavy (non-hydrogen) atoms. The van der Waals surface area contributed by atoms with E-state index in [0.29, 0.717) is 0 Å². The maximum atomic E-state index is 14.4. The predicted molar refractivity (Wildman–Crippen MR) is 119 cm³/mol. The Morgan fingerprint density at radius 2 is 0.862 bits per heavy atom. The van der Waals surface area contributed by atoms with Gasteiger partial charge >= 0.3 is 0 Å². The number of Topliss-reactive ketones (excluding diaryl/α,β-unsaturated/α-hetero) is 1. The van der Waals surface area contributed by atoms with Gasteiger partial charge in [0.2, 0.25) is 0 Å². The van der Waals surface area contributed by atoms with E-state index in [9.17, 15) is 4.79 Å². The van der Waals surface area contributed by atoms with Crippen LogP contribution in [-0.4, -0.2) is 5.78 Å². The molecule has 1 atom stereocenters. The highest BCUT2D eigenvalue weighted by Crippen LogP contribution is 2.43. The first-order valence-electron chi connectivity index (χ1n) is 10.0. The van der Waals surface area contributed by atoms with Gasteiger partial charge in [-0.25, -0.2) is 0 Å². The number of ketones is 1. The fourth-order valence-corrected chi connectivity index (χ4v) is 4.21. The van der Waals surface area contributed by atoms with Crippen LogP contribution in [0.4, 0.5) is 0 Å². The van der Waals surface area contributed by atoms with Crippen LogP contribution < -0.4 is 0 Å². The fourth-order valence-electron chi connectivity index (χ4n) is 4.21. The molecule has 0 aromatic heterocycles. The summed E-state index contributed by atoms with van der Waals surface area (Å²) in [6.45, 7) is 2.02. The third-order valence-electron chi connectivity index (χ3n) is 5.68. The van der Waals surface area contributed by atoms with E-state index in [1.54, 1.807) is 0 Å². The largest absolute Gasteiger partial charge is 0.297 e. The Labute approximate surface area is 172 Å². The summed E-state index contributed by atoms with van der Waals surface area (Å²) in [6, 6.07) is 40.5. The molecule has 4 aromatic carbocycles. The zero-order valence-corrected chi connectivity index (χ0v) is 16.5. The molecular formula is C28H24O. The van der Waals surface area contributed by atoms with E-state index in [4.69, 9.17) is 0 Å². The highest BCUT2D eigenvalue weighted by molar-refractivity contribution is 6.01. The monoisotopic (exact) mass is 376 g/mol. The van der Waals surface area contributed by atoms with E-state index in [0.717, 1.165) is 22.3 Å². The van der Waals surface area contributed by atoms with Gasteiger partial charge in [0.05, 0.1) is 0 Å². The van der Waals surface area contributed by atoms with Gasteiger partial charge in [0, 0.05) is 5.92 Å². The molecule has 0 heterocycles. The van der Waals surface area contributed by atoms with E-state index < -0.39 is 5.41 Å². The summed E-state index contributed by atoms with van der Waals surface area (Å²) >= 11 is 0. The Morgan fingerprint density at radius 1 is 0.552 bits per heavy atom. The maximum Gasteiger partial charge on any atom is 0.159 e.